The Morgan fingerprint density at radius 2 is 1.76 bits per heavy atom. The van der Waals surface area contributed by atoms with Gasteiger partial charge in [0.2, 0.25) is 5.91 Å². The van der Waals surface area contributed by atoms with E-state index in [-0.39, 0.29) is 23.7 Å². The van der Waals surface area contributed by atoms with E-state index in [0.29, 0.717) is 5.56 Å². The molecule has 0 heterocycles. The number of carbonyl (C=O) groups excluding carboxylic acids is 1. The van der Waals surface area contributed by atoms with Crippen LogP contribution in [0.1, 0.15) is 39.3 Å². The van der Waals surface area contributed by atoms with E-state index < -0.39 is 12.7 Å². The molecular weight excluding hydrogens is 278 g/mol. The molecule has 0 aliphatic rings. The fourth-order valence-corrected chi connectivity index (χ4v) is 1.99. The van der Waals surface area contributed by atoms with Gasteiger partial charge in [-0.1, -0.05) is 18.2 Å². The number of halogens is 2. The van der Waals surface area contributed by atoms with Crippen LogP contribution in [0.4, 0.5) is 8.78 Å². The van der Waals surface area contributed by atoms with Crippen molar-refractivity contribution < 1.29 is 18.3 Å². The number of amides is 1. The van der Waals surface area contributed by atoms with E-state index >= 15 is 0 Å². The minimum Gasteiger partial charge on any atom is -0.434 e. The number of alkyl halides is 2. The molecule has 0 saturated heterocycles. The van der Waals surface area contributed by atoms with Gasteiger partial charge in [-0.05, 0) is 33.8 Å². The predicted octanol–water partition coefficient (Wildman–Crippen LogP) is 2.85. The molecule has 2 N–H and O–H groups in total. The molecule has 1 aromatic rings. The summed E-state index contributed by atoms with van der Waals surface area (Å²) in [7, 11) is 0. The van der Waals surface area contributed by atoms with Crippen molar-refractivity contribution in [2.75, 3.05) is 0 Å². The first-order chi connectivity index (χ1) is 9.81. The molecule has 0 aromatic heterocycles. The van der Waals surface area contributed by atoms with Crippen molar-refractivity contribution in [3.63, 3.8) is 0 Å². The molecule has 1 aromatic carbocycles. The van der Waals surface area contributed by atoms with E-state index in [2.05, 4.69) is 15.4 Å². The summed E-state index contributed by atoms with van der Waals surface area (Å²) in [6.45, 7) is 4.40. The van der Waals surface area contributed by atoms with Crippen LogP contribution in [-0.2, 0) is 4.79 Å². The van der Waals surface area contributed by atoms with Crippen LogP contribution >= 0.6 is 0 Å². The normalized spacial score (nSPS) is 14.1. The second kappa shape index (κ2) is 7.93. The van der Waals surface area contributed by atoms with Crippen molar-refractivity contribution in [3.05, 3.63) is 29.8 Å². The fourth-order valence-electron chi connectivity index (χ4n) is 1.99. The van der Waals surface area contributed by atoms with Crippen LogP contribution in [0.15, 0.2) is 24.3 Å². The van der Waals surface area contributed by atoms with Gasteiger partial charge in [0.15, 0.2) is 0 Å². The Kier molecular flexibility index (Phi) is 6.55. The number of para-hydroxylation sites is 1. The van der Waals surface area contributed by atoms with Gasteiger partial charge in [0.05, 0.1) is 6.04 Å². The van der Waals surface area contributed by atoms with Gasteiger partial charge >= 0.3 is 6.61 Å². The van der Waals surface area contributed by atoms with Crippen LogP contribution in [-0.4, -0.2) is 24.6 Å². The van der Waals surface area contributed by atoms with Crippen LogP contribution in [0.5, 0.6) is 5.75 Å². The molecule has 0 aliphatic heterocycles. The lowest BCUT2D eigenvalue weighted by Crippen LogP contribution is -2.45. The van der Waals surface area contributed by atoms with Crippen molar-refractivity contribution >= 4 is 5.91 Å². The van der Waals surface area contributed by atoms with E-state index in [9.17, 15) is 13.6 Å². The second-order valence-electron chi connectivity index (χ2n) is 5.19. The summed E-state index contributed by atoms with van der Waals surface area (Å²) in [6.07, 6.45) is 0. The summed E-state index contributed by atoms with van der Waals surface area (Å²) < 4.78 is 29.3. The Morgan fingerprint density at radius 3 is 2.33 bits per heavy atom. The van der Waals surface area contributed by atoms with Crippen LogP contribution in [0, 0.1) is 0 Å². The van der Waals surface area contributed by atoms with E-state index in [1.165, 1.54) is 6.07 Å². The molecule has 0 spiro atoms. The zero-order chi connectivity index (χ0) is 16.0. The van der Waals surface area contributed by atoms with Gasteiger partial charge in [-0.2, -0.15) is 8.78 Å². The molecule has 0 bridgehead atoms. The topological polar surface area (TPSA) is 50.4 Å². The Morgan fingerprint density at radius 1 is 1.14 bits per heavy atom. The molecular formula is C15H22F2N2O2. The third kappa shape index (κ3) is 5.67. The summed E-state index contributed by atoms with van der Waals surface area (Å²) in [5.74, 6) is -0.0203. The van der Waals surface area contributed by atoms with Crippen molar-refractivity contribution in [1.29, 1.82) is 0 Å². The van der Waals surface area contributed by atoms with Gasteiger partial charge in [0.1, 0.15) is 5.75 Å². The first kappa shape index (κ1) is 17.4. The Bertz CT molecular complexity index is 467. The Labute approximate surface area is 123 Å². The number of ether oxygens (including phenoxy) is 1. The summed E-state index contributed by atoms with van der Waals surface area (Å²) in [4.78, 5) is 11.9. The number of nitrogens with one attached hydrogen (secondary N) is 2. The van der Waals surface area contributed by atoms with Crippen LogP contribution in [0.3, 0.4) is 0 Å². The molecule has 1 rings (SSSR count). The predicted molar refractivity (Wildman–Crippen MR) is 77.4 cm³/mol. The summed E-state index contributed by atoms with van der Waals surface area (Å²) >= 11 is 0. The van der Waals surface area contributed by atoms with Crippen molar-refractivity contribution in [2.45, 2.75) is 52.4 Å². The van der Waals surface area contributed by atoms with Crippen molar-refractivity contribution in [3.8, 4) is 5.75 Å². The zero-order valence-corrected chi connectivity index (χ0v) is 12.7. The lowest BCUT2D eigenvalue weighted by atomic mass is 10.1. The van der Waals surface area contributed by atoms with Gasteiger partial charge < -0.3 is 10.1 Å². The van der Waals surface area contributed by atoms with Crippen molar-refractivity contribution in [1.82, 2.24) is 10.6 Å². The molecule has 2 unspecified atom stereocenters. The highest BCUT2D eigenvalue weighted by atomic mass is 19.3. The average molecular weight is 300 g/mol. The summed E-state index contributed by atoms with van der Waals surface area (Å²) in [6, 6.07) is 5.86. The highest BCUT2D eigenvalue weighted by molar-refractivity contribution is 5.81. The number of rotatable bonds is 7. The highest BCUT2D eigenvalue weighted by Gasteiger charge is 2.19. The molecule has 0 saturated carbocycles. The van der Waals surface area contributed by atoms with E-state index in [0.717, 1.165) is 0 Å². The van der Waals surface area contributed by atoms with Gasteiger partial charge in [0, 0.05) is 17.6 Å². The number of carbonyl (C=O) groups is 1. The Hall–Kier alpha value is -1.69. The van der Waals surface area contributed by atoms with Gasteiger partial charge in [0.25, 0.3) is 0 Å². The van der Waals surface area contributed by atoms with Crippen LogP contribution in [0.2, 0.25) is 0 Å². The maximum atomic E-state index is 12.4. The molecule has 0 fully saturated rings. The number of benzene rings is 1. The molecule has 1 amide bonds. The number of hydrogen-bond donors (Lipinski definition) is 2. The van der Waals surface area contributed by atoms with Crippen LogP contribution < -0.4 is 15.4 Å². The minimum atomic E-state index is -2.87. The molecule has 21 heavy (non-hydrogen) atoms. The summed E-state index contributed by atoms with van der Waals surface area (Å²) in [5.41, 5.74) is 0.585. The van der Waals surface area contributed by atoms with Gasteiger partial charge in [-0.15, -0.1) is 0 Å². The smallest absolute Gasteiger partial charge is 0.387 e. The standard InChI is InChI=1S/C15H22F2N2O2/c1-9(2)18-14(20)11(4)19-10(3)12-7-5-6-8-13(12)21-15(16)17/h5-11,15,19H,1-4H3,(H,18,20). The van der Waals surface area contributed by atoms with Gasteiger partial charge in [-0.3, -0.25) is 10.1 Å². The molecule has 118 valence electrons. The maximum absolute atomic E-state index is 12.4. The quantitative estimate of drug-likeness (QED) is 0.814. The van der Waals surface area contributed by atoms with E-state index in [4.69, 9.17) is 0 Å². The van der Waals surface area contributed by atoms with Gasteiger partial charge in [-0.25, -0.2) is 0 Å². The molecule has 0 radical (unpaired) electrons. The monoisotopic (exact) mass is 300 g/mol. The third-order valence-corrected chi connectivity index (χ3v) is 2.93. The lowest BCUT2D eigenvalue weighted by molar-refractivity contribution is -0.123. The maximum Gasteiger partial charge on any atom is 0.387 e. The third-order valence-electron chi connectivity index (χ3n) is 2.93. The number of hydrogen-bond acceptors (Lipinski definition) is 3. The largest absolute Gasteiger partial charge is 0.434 e. The van der Waals surface area contributed by atoms with E-state index in [1.54, 1.807) is 32.0 Å². The zero-order valence-electron chi connectivity index (χ0n) is 12.7. The summed E-state index contributed by atoms with van der Waals surface area (Å²) in [5, 5.41) is 5.87. The fraction of sp³-hybridized carbons (Fsp3) is 0.533. The molecule has 4 nitrogen and oxygen atoms in total. The highest BCUT2D eigenvalue weighted by Crippen LogP contribution is 2.26. The molecule has 0 aliphatic carbocycles. The minimum absolute atomic E-state index is 0.0477. The molecule has 6 heteroatoms. The van der Waals surface area contributed by atoms with Crippen molar-refractivity contribution in [2.24, 2.45) is 0 Å². The Balaban J connectivity index is 2.75. The SMILES string of the molecule is CC(C)NC(=O)C(C)NC(C)c1ccccc1OC(F)F. The first-order valence-electron chi connectivity index (χ1n) is 6.91. The van der Waals surface area contributed by atoms with E-state index in [1.807, 2.05) is 13.8 Å². The first-order valence-corrected chi connectivity index (χ1v) is 6.91. The average Bonchev–Trinajstić information content (AvgIpc) is 2.37. The second-order valence-corrected chi connectivity index (χ2v) is 5.19. The molecule has 2 atom stereocenters. The van der Waals surface area contributed by atoms with Crippen LogP contribution in [0.25, 0.3) is 0 Å². The lowest BCUT2D eigenvalue weighted by Gasteiger charge is -2.22.